The van der Waals surface area contributed by atoms with Crippen molar-refractivity contribution < 1.29 is 14.7 Å². The molecule has 32 heavy (non-hydrogen) atoms. The van der Waals surface area contributed by atoms with Gasteiger partial charge in [-0.25, -0.2) is 0 Å². The molecule has 168 valence electrons. The number of benzene rings is 2. The van der Waals surface area contributed by atoms with Crippen LogP contribution in [0.2, 0.25) is 0 Å². The molecule has 2 aromatic carbocycles. The van der Waals surface area contributed by atoms with Crippen molar-refractivity contribution in [3.63, 3.8) is 0 Å². The van der Waals surface area contributed by atoms with E-state index in [-0.39, 0.29) is 29.8 Å². The van der Waals surface area contributed by atoms with Crippen LogP contribution in [0.15, 0.2) is 48.5 Å². The van der Waals surface area contributed by atoms with Crippen molar-refractivity contribution in [2.45, 2.75) is 56.2 Å². The number of likely N-dealkylation sites (tertiary alicyclic amines) is 1. The van der Waals surface area contributed by atoms with E-state index in [1.165, 1.54) is 18.2 Å². The molecule has 1 aliphatic carbocycles. The number of carbonyl (C=O) groups excluding carboxylic acids is 2. The van der Waals surface area contributed by atoms with Gasteiger partial charge in [-0.05, 0) is 49.8 Å². The lowest BCUT2D eigenvalue weighted by Crippen LogP contribution is -2.54. The Morgan fingerprint density at radius 3 is 2.47 bits per heavy atom. The molecule has 6 heteroatoms. The lowest BCUT2D eigenvalue weighted by atomic mass is 9.88. The van der Waals surface area contributed by atoms with Crippen LogP contribution in [0.25, 0.3) is 0 Å². The van der Waals surface area contributed by atoms with Gasteiger partial charge in [0, 0.05) is 37.3 Å². The second kappa shape index (κ2) is 7.71. The standard InChI is InChI=1S/C26H31N3O3/c1-25(14-11-18-7-3-4-8-20(18)25)28-15-12-19(13-16-28)29-22-10-6-5-9-21(22)26(32,24(29)31)17-23(30)27-2/h3-10,19,32H,11-17H2,1-2H3,(H,27,30). The molecule has 2 atom stereocenters. The summed E-state index contributed by atoms with van der Waals surface area (Å²) in [4.78, 5) is 29.9. The number of nitrogens with zero attached hydrogens (tertiary/aromatic N) is 2. The highest BCUT2D eigenvalue weighted by Gasteiger charge is 2.53. The number of rotatable bonds is 4. The van der Waals surface area contributed by atoms with Gasteiger partial charge in [-0.15, -0.1) is 0 Å². The average molecular weight is 434 g/mol. The van der Waals surface area contributed by atoms with Crippen molar-refractivity contribution in [1.82, 2.24) is 10.2 Å². The van der Waals surface area contributed by atoms with Crippen LogP contribution >= 0.6 is 0 Å². The molecule has 0 bridgehead atoms. The van der Waals surface area contributed by atoms with E-state index in [9.17, 15) is 14.7 Å². The number of amides is 2. The molecule has 3 aliphatic rings. The van der Waals surface area contributed by atoms with Crippen LogP contribution in [0.3, 0.4) is 0 Å². The summed E-state index contributed by atoms with van der Waals surface area (Å²) in [7, 11) is 1.52. The number of aryl methyl sites for hydroxylation is 1. The summed E-state index contributed by atoms with van der Waals surface area (Å²) in [6.45, 7) is 4.14. The van der Waals surface area contributed by atoms with Crippen molar-refractivity contribution in [2.24, 2.45) is 0 Å². The number of para-hydroxylation sites is 1. The molecule has 0 aromatic heterocycles. The summed E-state index contributed by atoms with van der Waals surface area (Å²) in [5, 5.41) is 13.9. The molecule has 5 rings (SSSR count). The number of aliphatic hydroxyl groups is 1. The van der Waals surface area contributed by atoms with E-state index in [0.29, 0.717) is 5.56 Å². The fraction of sp³-hybridized carbons (Fsp3) is 0.462. The predicted molar refractivity (Wildman–Crippen MR) is 123 cm³/mol. The zero-order chi connectivity index (χ0) is 22.5. The first-order valence-electron chi connectivity index (χ1n) is 11.6. The Labute approximate surface area is 189 Å². The second-order valence-corrected chi connectivity index (χ2v) is 9.55. The van der Waals surface area contributed by atoms with Crippen LogP contribution in [-0.4, -0.2) is 48.0 Å². The van der Waals surface area contributed by atoms with Gasteiger partial charge in [-0.2, -0.15) is 0 Å². The topological polar surface area (TPSA) is 72.9 Å². The molecule has 0 saturated carbocycles. The first-order chi connectivity index (χ1) is 15.4. The van der Waals surface area contributed by atoms with Gasteiger partial charge in [0.25, 0.3) is 5.91 Å². The number of nitrogens with one attached hydrogen (secondary N) is 1. The highest BCUT2D eigenvalue weighted by atomic mass is 16.3. The van der Waals surface area contributed by atoms with E-state index < -0.39 is 5.60 Å². The monoisotopic (exact) mass is 433 g/mol. The van der Waals surface area contributed by atoms with E-state index in [1.54, 1.807) is 11.0 Å². The minimum absolute atomic E-state index is 0.0128. The smallest absolute Gasteiger partial charge is 0.264 e. The SMILES string of the molecule is CNC(=O)CC1(O)C(=O)N(C2CCN(C3(C)CCc4ccccc43)CC2)c2ccccc21. The summed E-state index contributed by atoms with van der Waals surface area (Å²) >= 11 is 0. The Morgan fingerprint density at radius 1 is 1.09 bits per heavy atom. The van der Waals surface area contributed by atoms with Crippen LogP contribution in [-0.2, 0) is 27.1 Å². The van der Waals surface area contributed by atoms with Crippen molar-refractivity contribution in [2.75, 3.05) is 25.0 Å². The van der Waals surface area contributed by atoms with Gasteiger partial charge in [-0.1, -0.05) is 42.5 Å². The minimum atomic E-state index is -1.80. The summed E-state index contributed by atoms with van der Waals surface area (Å²) in [5.41, 5.74) is 2.38. The third-order valence-electron chi connectivity index (χ3n) is 7.88. The van der Waals surface area contributed by atoms with Crippen molar-refractivity contribution >= 4 is 17.5 Å². The van der Waals surface area contributed by atoms with Crippen LogP contribution < -0.4 is 10.2 Å². The quantitative estimate of drug-likeness (QED) is 0.778. The van der Waals surface area contributed by atoms with E-state index in [4.69, 9.17) is 0 Å². The molecule has 2 amide bonds. The molecule has 1 saturated heterocycles. The highest BCUT2D eigenvalue weighted by Crippen LogP contribution is 2.46. The third kappa shape index (κ3) is 3.08. The summed E-state index contributed by atoms with van der Waals surface area (Å²) in [6, 6.07) is 16.1. The molecule has 1 fully saturated rings. The Hall–Kier alpha value is -2.70. The number of anilines is 1. The Morgan fingerprint density at radius 2 is 1.75 bits per heavy atom. The number of piperidine rings is 1. The largest absolute Gasteiger partial charge is 0.375 e. The molecule has 6 nitrogen and oxygen atoms in total. The molecule has 0 radical (unpaired) electrons. The number of carbonyl (C=O) groups is 2. The maximum atomic E-state index is 13.5. The molecule has 0 spiro atoms. The van der Waals surface area contributed by atoms with Gasteiger partial charge in [-0.3, -0.25) is 14.5 Å². The van der Waals surface area contributed by atoms with Crippen molar-refractivity contribution in [1.29, 1.82) is 0 Å². The minimum Gasteiger partial charge on any atom is -0.375 e. The van der Waals surface area contributed by atoms with Crippen LogP contribution in [0, 0.1) is 0 Å². The van der Waals surface area contributed by atoms with Crippen molar-refractivity contribution in [3.05, 3.63) is 65.2 Å². The van der Waals surface area contributed by atoms with E-state index in [0.717, 1.165) is 44.5 Å². The van der Waals surface area contributed by atoms with Crippen molar-refractivity contribution in [3.8, 4) is 0 Å². The summed E-state index contributed by atoms with van der Waals surface area (Å²) in [6.07, 6.45) is 3.65. The average Bonchev–Trinajstić information content (AvgIpc) is 3.27. The maximum Gasteiger partial charge on any atom is 0.264 e. The van der Waals surface area contributed by atoms with Gasteiger partial charge >= 0.3 is 0 Å². The second-order valence-electron chi connectivity index (χ2n) is 9.55. The summed E-state index contributed by atoms with van der Waals surface area (Å²) in [5.74, 6) is -0.724. The zero-order valence-corrected chi connectivity index (χ0v) is 18.8. The van der Waals surface area contributed by atoms with Crippen LogP contribution in [0.1, 0.15) is 49.3 Å². The molecule has 2 N–H and O–H groups in total. The van der Waals surface area contributed by atoms with Gasteiger partial charge in [0.05, 0.1) is 12.1 Å². The molecular formula is C26H31N3O3. The molecular weight excluding hydrogens is 402 g/mol. The van der Waals surface area contributed by atoms with Gasteiger partial charge in [0.15, 0.2) is 5.60 Å². The fourth-order valence-electron chi connectivity index (χ4n) is 6.03. The highest BCUT2D eigenvalue weighted by molar-refractivity contribution is 6.09. The third-order valence-corrected chi connectivity index (χ3v) is 7.88. The van der Waals surface area contributed by atoms with Gasteiger partial charge < -0.3 is 15.3 Å². The predicted octanol–water partition coefficient (Wildman–Crippen LogP) is 2.68. The molecule has 2 heterocycles. The molecule has 2 aromatic rings. The first kappa shape index (κ1) is 21.2. The first-order valence-corrected chi connectivity index (χ1v) is 11.6. The van der Waals surface area contributed by atoms with E-state index in [1.807, 2.05) is 18.2 Å². The lowest BCUT2D eigenvalue weighted by molar-refractivity contribution is -0.143. The number of hydrogen-bond donors (Lipinski definition) is 2. The maximum absolute atomic E-state index is 13.5. The Bertz CT molecular complexity index is 1060. The Balaban J connectivity index is 1.37. The molecule has 2 aliphatic heterocycles. The van der Waals surface area contributed by atoms with Gasteiger partial charge in [0.1, 0.15) is 0 Å². The fourth-order valence-corrected chi connectivity index (χ4v) is 6.03. The van der Waals surface area contributed by atoms with Crippen LogP contribution in [0.4, 0.5) is 5.69 Å². The van der Waals surface area contributed by atoms with E-state index >= 15 is 0 Å². The zero-order valence-electron chi connectivity index (χ0n) is 18.8. The van der Waals surface area contributed by atoms with E-state index in [2.05, 4.69) is 41.4 Å². The summed E-state index contributed by atoms with van der Waals surface area (Å²) < 4.78 is 0. The van der Waals surface area contributed by atoms with Gasteiger partial charge in [0.2, 0.25) is 5.91 Å². The molecule has 2 unspecified atom stereocenters. The lowest BCUT2D eigenvalue weighted by Gasteiger charge is -2.45. The number of hydrogen-bond acceptors (Lipinski definition) is 4. The number of fused-ring (bicyclic) bond motifs is 2. The van der Waals surface area contributed by atoms with Crippen LogP contribution in [0.5, 0.6) is 0 Å². The Kier molecular flexibility index (Phi) is 5.10. The normalized spacial score (nSPS) is 28.0.